The van der Waals surface area contributed by atoms with E-state index in [2.05, 4.69) is 15.1 Å². The maximum absolute atomic E-state index is 13.7. The van der Waals surface area contributed by atoms with Crippen LogP contribution in [0.1, 0.15) is 11.6 Å². The summed E-state index contributed by atoms with van der Waals surface area (Å²) in [5, 5.41) is 13.3. The molecule has 0 aliphatic rings. The van der Waals surface area contributed by atoms with Gasteiger partial charge in [0.25, 0.3) is 5.56 Å². The smallest absolute Gasteiger partial charge is 0.268 e. The van der Waals surface area contributed by atoms with Gasteiger partial charge in [-0.3, -0.25) is 4.79 Å². The number of halogens is 2. The SMILES string of the molecule is CS(=O)(=O)c1nccc(-c2cnn([C@H](CO)c3ccc(Cl)c(F)c3)c(=O)c2)n1. The summed E-state index contributed by atoms with van der Waals surface area (Å²) in [6, 6.07) is 5.63. The Morgan fingerprint density at radius 3 is 2.64 bits per heavy atom. The Labute approximate surface area is 164 Å². The Hall–Kier alpha value is -2.69. The Kier molecular flexibility index (Phi) is 5.54. The predicted molar refractivity (Wildman–Crippen MR) is 99.3 cm³/mol. The van der Waals surface area contributed by atoms with E-state index < -0.39 is 33.9 Å². The molecule has 0 amide bonds. The zero-order chi connectivity index (χ0) is 20.5. The molecule has 0 aliphatic carbocycles. The van der Waals surface area contributed by atoms with Crippen molar-refractivity contribution in [2.24, 2.45) is 0 Å². The van der Waals surface area contributed by atoms with Crippen LogP contribution >= 0.6 is 11.6 Å². The first-order valence-corrected chi connectivity index (χ1v) is 10.2. The summed E-state index contributed by atoms with van der Waals surface area (Å²) in [5.74, 6) is -0.684. The molecular formula is C17H14ClFN4O4S. The molecule has 1 atom stereocenters. The molecule has 0 saturated heterocycles. The van der Waals surface area contributed by atoms with Crippen molar-refractivity contribution >= 4 is 21.4 Å². The second kappa shape index (κ2) is 7.74. The highest BCUT2D eigenvalue weighted by molar-refractivity contribution is 7.90. The molecule has 0 radical (unpaired) electrons. The molecule has 3 rings (SSSR count). The highest BCUT2D eigenvalue weighted by Crippen LogP contribution is 2.22. The van der Waals surface area contributed by atoms with E-state index >= 15 is 0 Å². The minimum atomic E-state index is -3.62. The van der Waals surface area contributed by atoms with Gasteiger partial charge in [-0.05, 0) is 23.8 Å². The number of sulfone groups is 1. The molecule has 2 heterocycles. The molecule has 0 aliphatic heterocycles. The molecule has 3 aromatic rings. The fraction of sp³-hybridized carbons (Fsp3) is 0.176. The molecular weight excluding hydrogens is 411 g/mol. The van der Waals surface area contributed by atoms with E-state index in [1.54, 1.807) is 0 Å². The van der Waals surface area contributed by atoms with Crippen molar-refractivity contribution in [2.45, 2.75) is 11.2 Å². The first-order chi connectivity index (χ1) is 13.2. The van der Waals surface area contributed by atoms with E-state index in [9.17, 15) is 22.7 Å². The lowest BCUT2D eigenvalue weighted by Crippen LogP contribution is -2.29. The van der Waals surface area contributed by atoms with Crippen molar-refractivity contribution in [3.05, 3.63) is 69.5 Å². The largest absolute Gasteiger partial charge is 0.394 e. The number of hydrogen-bond acceptors (Lipinski definition) is 7. The molecule has 0 saturated carbocycles. The summed E-state index contributed by atoms with van der Waals surface area (Å²) >= 11 is 5.66. The van der Waals surface area contributed by atoms with E-state index in [-0.39, 0.29) is 21.4 Å². The maximum atomic E-state index is 13.7. The molecule has 0 fully saturated rings. The average molecular weight is 425 g/mol. The van der Waals surface area contributed by atoms with Crippen LogP contribution in [0.25, 0.3) is 11.3 Å². The zero-order valence-corrected chi connectivity index (χ0v) is 16.0. The lowest BCUT2D eigenvalue weighted by atomic mass is 10.1. The van der Waals surface area contributed by atoms with Crippen molar-refractivity contribution in [1.29, 1.82) is 0 Å². The number of aliphatic hydroxyl groups excluding tert-OH is 1. The molecule has 2 aromatic heterocycles. The van der Waals surface area contributed by atoms with E-state index in [1.165, 1.54) is 36.7 Å². The van der Waals surface area contributed by atoms with Crippen molar-refractivity contribution in [3.8, 4) is 11.3 Å². The third kappa shape index (κ3) is 4.08. The molecule has 0 unspecified atom stereocenters. The summed E-state index contributed by atoms with van der Waals surface area (Å²) < 4.78 is 37.9. The minimum absolute atomic E-state index is 0.0819. The van der Waals surface area contributed by atoms with Crippen molar-refractivity contribution in [3.63, 3.8) is 0 Å². The van der Waals surface area contributed by atoms with Gasteiger partial charge in [0.2, 0.25) is 15.0 Å². The quantitative estimate of drug-likeness (QED) is 0.617. The number of hydrogen-bond donors (Lipinski definition) is 1. The van der Waals surface area contributed by atoms with Gasteiger partial charge in [0.1, 0.15) is 11.9 Å². The highest BCUT2D eigenvalue weighted by Gasteiger charge is 2.18. The average Bonchev–Trinajstić information content (AvgIpc) is 2.66. The van der Waals surface area contributed by atoms with Gasteiger partial charge in [0.15, 0.2) is 0 Å². The van der Waals surface area contributed by atoms with Crippen LogP contribution in [0.5, 0.6) is 0 Å². The summed E-state index contributed by atoms with van der Waals surface area (Å²) in [6.45, 7) is -0.501. The lowest BCUT2D eigenvalue weighted by Gasteiger charge is -2.17. The molecule has 146 valence electrons. The third-order valence-corrected chi connectivity index (χ3v) is 5.05. The number of nitrogens with zero attached hydrogens (tertiary/aromatic N) is 4. The van der Waals surface area contributed by atoms with Crippen LogP contribution in [-0.2, 0) is 9.84 Å². The highest BCUT2D eigenvalue weighted by atomic mass is 35.5. The summed E-state index contributed by atoms with van der Waals surface area (Å²) in [7, 11) is -3.62. The Morgan fingerprint density at radius 2 is 2.04 bits per heavy atom. The number of benzene rings is 1. The van der Waals surface area contributed by atoms with Crippen LogP contribution in [0.15, 0.2) is 52.7 Å². The molecule has 28 heavy (non-hydrogen) atoms. The predicted octanol–water partition coefficient (Wildman–Crippen LogP) is 1.48. The lowest BCUT2D eigenvalue weighted by molar-refractivity contribution is 0.236. The van der Waals surface area contributed by atoms with Gasteiger partial charge in [-0.1, -0.05) is 17.7 Å². The summed E-state index contributed by atoms with van der Waals surface area (Å²) in [4.78, 5) is 20.1. The Bertz CT molecular complexity index is 1200. The standard InChI is InChI=1S/C17H14ClFN4O4S/c1-28(26,27)17-20-5-4-14(22-17)11-7-16(25)23(21-8-11)15(9-24)10-2-3-12(18)13(19)6-10/h2-8,15,24H,9H2,1H3/t15-/m1/s1. The minimum Gasteiger partial charge on any atom is -0.394 e. The molecule has 0 bridgehead atoms. The maximum Gasteiger partial charge on any atom is 0.268 e. The Balaban J connectivity index is 2.02. The van der Waals surface area contributed by atoms with Gasteiger partial charge >= 0.3 is 0 Å². The van der Waals surface area contributed by atoms with Gasteiger partial charge in [-0.25, -0.2) is 27.5 Å². The van der Waals surface area contributed by atoms with Gasteiger partial charge in [-0.15, -0.1) is 0 Å². The molecule has 11 heteroatoms. The van der Waals surface area contributed by atoms with E-state index in [1.807, 2.05) is 0 Å². The van der Waals surface area contributed by atoms with E-state index in [4.69, 9.17) is 11.6 Å². The summed E-state index contributed by atoms with van der Waals surface area (Å²) in [5.41, 5.74) is 0.192. The fourth-order valence-electron chi connectivity index (χ4n) is 2.52. The third-order valence-electron chi connectivity index (χ3n) is 3.88. The Morgan fingerprint density at radius 1 is 1.29 bits per heavy atom. The second-order valence-corrected chi connectivity index (χ2v) is 8.21. The molecule has 8 nitrogen and oxygen atoms in total. The number of aliphatic hydroxyl groups is 1. The zero-order valence-electron chi connectivity index (χ0n) is 14.5. The number of aromatic nitrogens is 4. The number of rotatable bonds is 5. The van der Waals surface area contributed by atoms with Gasteiger partial charge in [-0.2, -0.15) is 5.10 Å². The molecule has 0 spiro atoms. The first kappa shape index (κ1) is 20.1. The van der Waals surface area contributed by atoms with Crippen LogP contribution in [0.2, 0.25) is 5.02 Å². The topological polar surface area (TPSA) is 115 Å². The van der Waals surface area contributed by atoms with Gasteiger partial charge in [0.05, 0.1) is 23.5 Å². The normalized spacial score (nSPS) is 12.7. The second-order valence-electron chi connectivity index (χ2n) is 5.90. The molecule has 1 N–H and O–H groups in total. The van der Waals surface area contributed by atoms with Crippen molar-refractivity contribution < 1.29 is 17.9 Å². The fourth-order valence-corrected chi connectivity index (χ4v) is 3.15. The van der Waals surface area contributed by atoms with E-state index in [0.717, 1.165) is 17.0 Å². The van der Waals surface area contributed by atoms with Crippen LogP contribution in [0.3, 0.4) is 0 Å². The van der Waals surface area contributed by atoms with Crippen LogP contribution in [-0.4, -0.2) is 46.1 Å². The monoisotopic (exact) mass is 424 g/mol. The van der Waals surface area contributed by atoms with Gasteiger partial charge < -0.3 is 5.11 Å². The first-order valence-electron chi connectivity index (χ1n) is 7.89. The van der Waals surface area contributed by atoms with Crippen LogP contribution in [0, 0.1) is 5.82 Å². The molecule has 1 aromatic carbocycles. The van der Waals surface area contributed by atoms with E-state index in [0.29, 0.717) is 5.56 Å². The van der Waals surface area contributed by atoms with Crippen LogP contribution < -0.4 is 5.56 Å². The summed E-state index contributed by atoms with van der Waals surface area (Å²) in [6.07, 6.45) is 3.53. The van der Waals surface area contributed by atoms with Crippen molar-refractivity contribution in [1.82, 2.24) is 19.7 Å². The van der Waals surface area contributed by atoms with Crippen LogP contribution in [0.4, 0.5) is 4.39 Å². The van der Waals surface area contributed by atoms with Gasteiger partial charge in [0, 0.05) is 24.1 Å². The van der Waals surface area contributed by atoms with Crippen molar-refractivity contribution in [2.75, 3.05) is 12.9 Å².